The molecular formula is C24H24F6N2O2. The fourth-order valence-electron chi connectivity index (χ4n) is 4.46. The number of hydrogen-bond acceptors (Lipinski definition) is 3. The van der Waals surface area contributed by atoms with Crippen molar-refractivity contribution in [2.45, 2.75) is 49.6 Å². The van der Waals surface area contributed by atoms with Gasteiger partial charge in [-0.1, -0.05) is 18.2 Å². The highest BCUT2D eigenvalue weighted by Crippen LogP contribution is 2.50. The molecule has 4 rings (SSSR count). The zero-order valence-electron chi connectivity index (χ0n) is 18.4. The van der Waals surface area contributed by atoms with Crippen LogP contribution in [0, 0.1) is 0 Å². The number of nitrogens with zero attached hydrogens (tertiary/aromatic N) is 1. The van der Waals surface area contributed by atoms with Crippen molar-refractivity contribution in [1.29, 1.82) is 0 Å². The van der Waals surface area contributed by atoms with Gasteiger partial charge in [0, 0.05) is 31.6 Å². The lowest BCUT2D eigenvalue weighted by Crippen LogP contribution is -2.37. The van der Waals surface area contributed by atoms with E-state index >= 15 is 0 Å². The van der Waals surface area contributed by atoms with E-state index in [1.165, 1.54) is 24.3 Å². The molecule has 0 bridgehead atoms. The van der Waals surface area contributed by atoms with Gasteiger partial charge in [-0.15, -0.1) is 0 Å². The van der Waals surface area contributed by atoms with E-state index in [2.05, 4.69) is 5.32 Å². The Morgan fingerprint density at radius 2 is 1.68 bits per heavy atom. The van der Waals surface area contributed by atoms with Crippen molar-refractivity contribution in [2.24, 2.45) is 0 Å². The van der Waals surface area contributed by atoms with E-state index in [1.54, 1.807) is 12.0 Å². The summed E-state index contributed by atoms with van der Waals surface area (Å²) in [5.41, 5.74) is -2.74. The number of ether oxygens (including phenoxy) is 1. The van der Waals surface area contributed by atoms with Crippen LogP contribution in [-0.4, -0.2) is 32.2 Å². The molecular weight excluding hydrogens is 462 g/mol. The molecule has 2 aromatic carbocycles. The van der Waals surface area contributed by atoms with Gasteiger partial charge in [0.25, 0.3) is 0 Å². The van der Waals surface area contributed by atoms with Crippen LogP contribution in [0.15, 0.2) is 42.5 Å². The average Bonchev–Trinajstić information content (AvgIpc) is 3.60. The van der Waals surface area contributed by atoms with Gasteiger partial charge in [-0.05, 0) is 55.5 Å². The summed E-state index contributed by atoms with van der Waals surface area (Å²) < 4.78 is 86.1. The van der Waals surface area contributed by atoms with Crippen molar-refractivity contribution in [3.05, 3.63) is 59.2 Å². The van der Waals surface area contributed by atoms with E-state index in [9.17, 15) is 31.1 Å². The predicted molar refractivity (Wildman–Crippen MR) is 115 cm³/mol. The van der Waals surface area contributed by atoms with Crippen LogP contribution >= 0.6 is 0 Å². The first-order valence-electron chi connectivity index (χ1n) is 10.9. The number of carbonyl (C=O) groups excluding carboxylic acids is 1. The molecule has 1 aliphatic heterocycles. The lowest BCUT2D eigenvalue weighted by Gasteiger charge is -2.34. The van der Waals surface area contributed by atoms with Crippen molar-refractivity contribution in [3.63, 3.8) is 0 Å². The van der Waals surface area contributed by atoms with Gasteiger partial charge in [-0.2, -0.15) is 26.3 Å². The van der Waals surface area contributed by atoms with Crippen molar-refractivity contribution in [2.75, 3.05) is 30.4 Å². The molecule has 4 nitrogen and oxygen atoms in total. The molecule has 1 amide bonds. The number of carbonyl (C=O) groups is 1. The van der Waals surface area contributed by atoms with Crippen LogP contribution in [0.5, 0.6) is 0 Å². The maximum absolute atomic E-state index is 13.9. The van der Waals surface area contributed by atoms with E-state index in [-0.39, 0.29) is 23.0 Å². The summed E-state index contributed by atoms with van der Waals surface area (Å²) in [4.78, 5) is 14.6. The van der Waals surface area contributed by atoms with Gasteiger partial charge in [0.1, 0.15) is 0 Å². The van der Waals surface area contributed by atoms with E-state index in [0.29, 0.717) is 38.8 Å². The topological polar surface area (TPSA) is 41.6 Å². The number of halogens is 6. The number of hydrogen-bond donors (Lipinski definition) is 1. The molecule has 1 heterocycles. The van der Waals surface area contributed by atoms with Gasteiger partial charge >= 0.3 is 12.4 Å². The number of piperidine rings is 1. The third kappa shape index (κ3) is 4.87. The summed E-state index contributed by atoms with van der Waals surface area (Å²) in [6, 6.07) is 8.13. The van der Waals surface area contributed by atoms with E-state index in [0.717, 1.165) is 18.2 Å². The minimum Gasteiger partial charge on any atom is -0.381 e. The van der Waals surface area contributed by atoms with Crippen molar-refractivity contribution >= 4 is 17.3 Å². The largest absolute Gasteiger partial charge is 0.418 e. The molecule has 2 aromatic rings. The van der Waals surface area contributed by atoms with Crippen LogP contribution in [0.1, 0.15) is 42.4 Å². The molecule has 0 spiro atoms. The van der Waals surface area contributed by atoms with Crippen molar-refractivity contribution in [1.82, 2.24) is 0 Å². The Hall–Kier alpha value is -2.75. The molecule has 1 aliphatic carbocycles. The number of alkyl halides is 6. The van der Waals surface area contributed by atoms with Crippen molar-refractivity contribution < 1.29 is 35.9 Å². The highest BCUT2D eigenvalue weighted by molar-refractivity contribution is 6.01. The van der Waals surface area contributed by atoms with E-state index in [4.69, 9.17) is 4.74 Å². The quantitative estimate of drug-likeness (QED) is 0.527. The highest BCUT2D eigenvalue weighted by Gasteiger charge is 2.52. The second kappa shape index (κ2) is 8.79. The van der Waals surface area contributed by atoms with Crippen LogP contribution < -0.4 is 10.2 Å². The predicted octanol–water partition coefficient (Wildman–Crippen LogP) is 6.01. The zero-order valence-corrected chi connectivity index (χ0v) is 18.4. The molecule has 1 N–H and O–H groups in total. The molecule has 184 valence electrons. The summed E-state index contributed by atoms with van der Waals surface area (Å²) >= 11 is 0. The second-order valence-electron chi connectivity index (χ2n) is 8.77. The van der Waals surface area contributed by atoms with Crippen LogP contribution in [0.2, 0.25) is 0 Å². The van der Waals surface area contributed by atoms with Gasteiger partial charge < -0.3 is 15.0 Å². The number of rotatable bonds is 5. The van der Waals surface area contributed by atoms with Gasteiger partial charge in [0.15, 0.2) is 0 Å². The molecule has 2 fully saturated rings. The minimum absolute atomic E-state index is 0.00901. The average molecular weight is 486 g/mol. The Morgan fingerprint density at radius 3 is 2.24 bits per heavy atom. The van der Waals surface area contributed by atoms with Crippen LogP contribution in [0.3, 0.4) is 0 Å². The fourth-order valence-corrected chi connectivity index (χ4v) is 4.46. The van der Waals surface area contributed by atoms with Gasteiger partial charge in [0.2, 0.25) is 5.91 Å². The number of methoxy groups -OCH3 is 1. The first-order valence-corrected chi connectivity index (χ1v) is 10.9. The summed E-state index contributed by atoms with van der Waals surface area (Å²) in [5, 5.41) is 2.50. The standard InChI is InChI=1S/C24H24F6N2O2/c1-34-18-7-11-32(12-8-18)20-6-5-17(14-19(20)24(28,29)30)31-21(33)22(9-10-22)15-3-2-4-16(13-15)23(25,26)27/h2-6,13-14,18H,7-12H2,1H3,(H,31,33). The number of benzene rings is 2. The van der Waals surface area contributed by atoms with Crippen LogP contribution in [0.4, 0.5) is 37.7 Å². The first kappa shape index (κ1) is 24.4. The summed E-state index contributed by atoms with van der Waals surface area (Å²) in [7, 11) is 1.57. The Balaban J connectivity index is 1.57. The lowest BCUT2D eigenvalue weighted by atomic mass is 9.93. The summed E-state index contributed by atoms with van der Waals surface area (Å²) in [6.45, 7) is 0.817. The highest BCUT2D eigenvalue weighted by atomic mass is 19.4. The Bertz CT molecular complexity index is 1050. The maximum atomic E-state index is 13.9. The monoisotopic (exact) mass is 486 g/mol. The molecule has 10 heteroatoms. The third-order valence-electron chi connectivity index (χ3n) is 6.60. The Labute approximate surface area is 192 Å². The van der Waals surface area contributed by atoms with Crippen molar-refractivity contribution in [3.8, 4) is 0 Å². The number of anilines is 2. The molecule has 1 saturated heterocycles. The van der Waals surface area contributed by atoms with Crippen LogP contribution in [0.25, 0.3) is 0 Å². The Morgan fingerprint density at radius 1 is 1.00 bits per heavy atom. The second-order valence-corrected chi connectivity index (χ2v) is 8.77. The number of amides is 1. The van der Waals surface area contributed by atoms with Gasteiger partial charge in [0.05, 0.1) is 22.6 Å². The molecule has 0 aromatic heterocycles. The SMILES string of the molecule is COC1CCN(c2ccc(NC(=O)C3(c4cccc(C(F)(F)F)c4)CC3)cc2C(F)(F)F)CC1. The number of nitrogens with one attached hydrogen (secondary N) is 1. The van der Waals surface area contributed by atoms with E-state index < -0.39 is 34.8 Å². The fraction of sp³-hybridized carbons (Fsp3) is 0.458. The molecule has 0 unspecified atom stereocenters. The molecule has 2 aliphatic rings. The normalized spacial score (nSPS) is 18.6. The lowest BCUT2D eigenvalue weighted by molar-refractivity contribution is -0.138. The summed E-state index contributed by atoms with van der Waals surface area (Å²) in [6.07, 6.45) is -7.35. The molecule has 34 heavy (non-hydrogen) atoms. The minimum atomic E-state index is -4.65. The Kier molecular flexibility index (Phi) is 6.30. The smallest absolute Gasteiger partial charge is 0.381 e. The third-order valence-corrected chi connectivity index (χ3v) is 6.60. The first-order chi connectivity index (χ1) is 15.9. The molecule has 1 saturated carbocycles. The summed E-state index contributed by atoms with van der Waals surface area (Å²) in [5.74, 6) is -0.617. The van der Waals surface area contributed by atoms with Gasteiger partial charge in [-0.3, -0.25) is 4.79 Å². The maximum Gasteiger partial charge on any atom is 0.418 e. The van der Waals surface area contributed by atoms with E-state index in [1.807, 2.05) is 0 Å². The van der Waals surface area contributed by atoms with Gasteiger partial charge in [-0.25, -0.2) is 0 Å². The zero-order chi connectivity index (χ0) is 24.7. The molecule has 0 atom stereocenters. The van der Waals surface area contributed by atoms with Crippen LogP contribution in [-0.2, 0) is 27.3 Å². The molecule has 0 radical (unpaired) electrons.